The Morgan fingerprint density at radius 3 is 1.62 bits per heavy atom. The van der Waals surface area contributed by atoms with Gasteiger partial charge in [-0.25, -0.2) is 0 Å². The Hall–Kier alpha value is -2.76. The summed E-state index contributed by atoms with van der Waals surface area (Å²) in [6, 6.07) is 31.1. The zero-order valence-electron chi connectivity index (χ0n) is 19.7. The molecule has 1 N–H and O–H groups in total. The second-order valence-corrected chi connectivity index (χ2v) is 8.77. The average molecular weight is 458 g/mol. The largest absolute Gasteiger partial charge is 0.375 e. The molecule has 3 aromatic carbocycles. The van der Waals surface area contributed by atoms with Crippen molar-refractivity contribution in [3.63, 3.8) is 0 Å². The highest BCUT2D eigenvalue weighted by atomic mass is 16.5. The Bertz CT molecular complexity index is 964. The highest BCUT2D eigenvalue weighted by Gasteiger charge is 2.44. The minimum absolute atomic E-state index is 0.0445. The maximum absolute atomic E-state index is 6.52. The molecule has 4 nitrogen and oxygen atoms in total. The van der Waals surface area contributed by atoms with Gasteiger partial charge in [-0.05, 0) is 29.5 Å². The van der Waals surface area contributed by atoms with Gasteiger partial charge in [-0.1, -0.05) is 97.1 Å². The molecule has 1 heterocycles. The third kappa shape index (κ3) is 7.12. The summed E-state index contributed by atoms with van der Waals surface area (Å²) in [6.07, 6.45) is 3.65. The maximum Gasteiger partial charge on any atom is 0.103 e. The summed E-state index contributed by atoms with van der Waals surface area (Å²) in [5, 5.41) is 3.76. The van der Waals surface area contributed by atoms with Crippen LogP contribution < -0.4 is 5.32 Å². The first kappa shape index (κ1) is 24.4. The van der Waals surface area contributed by atoms with Crippen LogP contribution in [0.4, 0.5) is 0 Å². The molecule has 4 rings (SSSR count). The van der Waals surface area contributed by atoms with E-state index in [2.05, 4.69) is 48.3 Å². The van der Waals surface area contributed by atoms with Crippen molar-refractivity contribution in [2.24, 2.45) is 0 Å². The van der Waals surface area contributed by atoms with Gasteiger partial charge in [-0.2, -0.15) is 0 Å². The van der Waals surface area contributed by atoms with Gasteiger partial charge in [-0.3, -0.25) is 0 Å². The number of nitrogens with one attached hydrogen (secondary N) is 1. The number of benzene rings is 3. The molecule has 0 spiro atoms. The van der Waals surface area contributed by atoms with Crippen LogP contribution in [0.5, 0.6) is 0 Å². The molecule has 1 aliphatic rings. The number of hydrogen-bond donors (Lipinski definition) is 1. The van der Waals surface area contributed by atoms with Crippen LogP contribution in [0.15, 0.2) is 104 Å². The smallest absolute Gasteiger partial charge is 0.103 e. The zero-order valence-corrected chi connectivity index (χ0v) is 19.7. The van der Waals surface area contributed by atoms with E-state index in [1.807, 2.05) is 60.7 Å². The fourth-order valence-corrected chi connectivity index (χ4v) is 4.44. The summed E-state index contributed by atoms with van der Waals surface area (Å²) in [6.45, 7) is 6.15. The number of allylic oxidation sites excluding steroid dienone is 1. The number of rotatable bonds is 13. The lowest BCUT2D eigenvalue weighted by Gasteiger charge is -2.26. The molecule has 34 heavy (non-hydrogen) atoms. The number of hydrogen-bond acceptors (Lipinski definition) is 4. The van der Waals surface area contributed by atoms with Crippen LogP contribution in [0.25, 0.3) is 0 Å². The quantitative estimate of drug-likeness (QED) is 0.335. The Labute approximate surface area is 203 Å². The van der Waals surface area contributed by atoms with E-state index >= 15 is 0 Å². The normalized spacial score (nSPS) is 22.0. The highest BCUT2D eigenvalue weighted by molar-refractivity contribution is 5.16. The van der Waals surface area contributed by atoms with Crippen LogP contribution in [0.1, 0.15) is 29.5 Å². The zero-order chi connectivity index (χ0) is 23.4. The molecule has 1 fully saturated rings. The molecule has 0 amide bonds. The third-order valence-corrected chi connectivity index (χ3v) is 6.21. The molecule has 1 aliphatic heterocycles. The standard InChI is InChI=1S/C30H35NO3/c1-2-3-19-27-29(33-21-25-15-9-5-10-16-25)30(34-22-26-17-11-6-12-18-26)28(31-27)23-32-20-24-13-7-4-8-14-24/h2,4-18,27-31H,1,3,19-23H2/t27-,28-,29-,30-/m1/s1. The summed E-state index contributed by atoms with van der Waals surface area (Å²) < 4.78 is 19.2. The maximum atomic E-state index is 6.52. The molecule has 1 saturated heterocycles. The Morgan fingerprint density at radius 2 is 1.12 bits per heavy atom. The van der Waals surface area contributed by atoms with E-state index in [0.717, 1.165) is 24.0 Å². The lowest BCUT2D eigenvalue weighted by Crippen LogP contribution is -2.40. The van der Waals surface area contributed by atoms with Crippen LogP contribution >= 0.6 is 0 Å². The van der Waals surface area contributed by atoms with Gasteiger partial charge < -0.3 is 19.5 Å². The van der Waals surface area contributed by atoms with Gasteiger partial charge in [0.05, 0.1) is 32.5 Å². The Balaban J connectivity index is 1.46. The fraction of sp³-hybridized carbons (Fsp3) is 0.333. The van der Waals surface area contributed by atoms with Crippen LogP contribution in [0, 0.1) is 0 Å². The molecular formula is C30H35NO3. The first-order chi connectivity index (χ1) is 16.8. The monoisotopic (exact) mass is 457 g/mol. The van der Waals surface area contributed by atoms with Gasteiger partial charge in [-0.15, -0.1) is 6.58 Å². The molecule has 3 aromatic rings. The topological polar surface area (TPSA) is 39.7 Å². The van der Waals surface area contributed by atoms with E-state index in [0.29, 0.717) is 26.4 Å². The summed E-state index contributed by atoms with van der Waals surface area (Å²) in [5.41, 5.74) is 3.49. The van der Waals surface area contributed by atoms with Crippen molar-refractivity contribution in [2.75, 3.05) is 6.61 Å². The molecule has 0 unspecified atom stereocenters. The van der Waals surface area contributed by atoms with Gasteiger partial charge in [0.2, 0.25) is 0 Å². The molecule has 0 aliphatic carbocycles. The molecule has 4 heteroatoms. The Kier molecular flexibility index (Phi) is 9.47. The van der Waals surface area contributed by atoms with Crippen molar-refractivity contribution in [1.82, 2.24) is 5.32 Å². The molecule has 0 saturated carbocycles. The average Bonchev–Trinajstić information content (AvgIpc) is 3.22. The van der Waals surface area contributed by atoms with E-state index in [9.17, 15) is 0 Å². The molecule has 0 bridgehead atoms. The summed E-state index contributed by atoms with van der Waals surface area (Å²) in [4.78, 5) is 0. The fourth-order valence-electron chi connectivity index (χ4n) is 4.44. The molecule has 178 valence electrons. The van der Waals surface area contributed by atoms with Crippen LogP contribution in [0.2, 0.25) is 0 Å². The summed E-state index contributed by atoms with van der Waals surface area (Å²) in [7, 11) is 0. The predicted molar refractivity (Wildman–Crippen MR) is 136 cm³/mol. The van der Waals surface area contributed by atoms with Crippen molar-refractivity contribution in [3.05, 3.63) is 120 Å². The van der Waals surface area contributed by atoms with E-state index in [1.165, 1.54) is 5.56 Å². The van der Waals surface area contributed by atoms with Gasteiger partial charge in [0.1, 0.15) is 12.2 Å². The first-order valence-corrected chi connectivity index (χ1v) is 12.1. The predicted octanol–water partition coefficient (Wildman–Crippen LogP) is 5.68. The third-order valence-electron chi connectivity index (χ3n) is 6.21. The van der Waals surface area contributed by atoms with Crippen molar-refractivity contribution < 1.29 is 14.2 Å². The lowest BCUT2D eigenvalue weighted by molar-refractivity contribution is -0.0861. The van der Waals surface area contributed by atoms with Crippen LogP contribution in [0.3, 0.4) is 0 Å². The van der Waals surface area contributed by atoms with Crippen LogP contribution in [-0.2, 0) is 34.0 Å². The van der Waals surface area contributed by atoms with Crippen molar-refractivity contribution in [1.29, 1.82) is 0 Å². The van der Waals surface area contributed by atoms with Gasteiger partial charge in [0.15, 0.2) is 0 Å². The first-order valence-electron chi connectivity index (χ1n) is 12.1. The van der Waals surface area contributed by atoms with E-state index in [4.69, 9.17) is 14.2 Å². The minimum atomic E-state index is -0.116. The number of ether oxygens (including phenoxy) is 3. The van der Waals surface area contributed by atoms with Crippen molar-refractivity contribution in [3.8, 4) is 0 Å². The van der Waals surface area contributed by atoms with Gasteiger partial charge in [0.25, 0.3) is 0 Å². The second-order valence-electron chi connectivity index (χ2n) is 8.77. The summed E-state index contributed by atoms with van der Waals surface area (Å²) in [5.74, 6) is 0. The van der Waals surface area contributed by atoms with Crippen molar-refractivity contribution in [2.45, 2.75) is 57.0 Å². The lowest BCUT2D eigenvalue weighted by atomic mass is 10.0. The van der Waals surface area contributed by atoms with Crippen molar-refractivity contribution >= 4 is 0 Å². The van der Waals surface area contributed by atoms with Gasteiger partial charge >= 0.3 is 0 Å². The highest BCUT2D eigenvalue weighted by Crippen LogP contribution is 2.27. The summed E-state index contributed by atoms with van der Waals surface area (Å²) >= 11 is 0. The van der Waals surface area contributed by atoms with Crippen LogP contribution in [-0.4, -0.2) is 30.9 Å². The van der Waals surface area contributed by atoms with E-state index in [1.54, 1.807) is 0 Å². The van der Waals surface area contributed by atoms with E-state index < -0.39 is 0 Å². The molecule has 0 aromatic heterocycles. The van der Waals surface area contributed by atoms with E-state index in [-0.39, 0.29) is 24.3 Å². The minimum Gasteiger partial charge on any atom is -0.375 e. The van der Waals surface area contributed by atoms with Gasteiger partial charge in [0, 0.05) is 6.04 Å². The molecule has 4 atom stereocenters. The molecular weight excluding hydrogens is 422 g/mol. The second kappa shape index (κ2) is 13.2. The Morgan fingerprint density at radius 1 is 0.647 bits per heavy atom. The molecule has 0 radical (unpaired) electrons. The SMILES string of the molecule is C=CCC[C@H]1N[C@H](COCc2ccccc2)[C@@H](OCc2ccccc2)[C@@H]1OCc1ccccc1.